The summed E-state index contributed by atoms with van der Waals surface area (Å²) in [5.74, 6) is 0.225. The Bertz CT molecular complexity index is 775. The van der Waals surface area contributed by atoms with E-state index in [0.717, 1.165) is 0 Å². The summed E-state index contributed by atoms with van der Waals surface area (Å²) >= 11 is 0. The highest BCUT2D eigenvalue weighted by Crippen LogP contribution is 2.22. The lowest BCUT2D eigenvalue weighted by molar-refractivity contribution is -0.115. The summed E-state index contributed by atoms with van der Waals surface area (Å²) in [4.78, 5) is 25.8. The fourth-order valence-corrected chi connectivity index (χ4v) is 2.60. The van der Waals surface area contributed by atoms with Gasteiger partial charge in [-0.05, 0) is 24.3 Å². The van der Waals surface area contributed by atoms with Gasteiger partial charge in [0.15, 0.2) is 6.29 Å². The standard InChI is InChI=1S/C20H22N2O5/c1-2-18(23)21-15-7-6-10-17(13-15)27-20(24)22(14-19-25-11-12-26-19)16-8-4-3-5-9-16/h3-10,13,19H,2,11-12,14H2,1H3,(H,21,23). The van der Waals surface area contributed by atoms with Crippen molar-refractivity contribution in [1.29, 1.82) is 0 Å². The van der Waals surface area contributed by atoms with Crippen molar-refractivity contribution in [3.63, 3.8) is 0 Å². The van der Waals surface area contributed by atoms with Crippen molar-refractivity contribution in [2.45, 2.75) is 19.6 Å². The van der Waals surface area contributed by atoms with Gasteiger partial charge in [0, 0.05) is 23.9 Å². The van der Waals surface area contributed by atoms with Crippen LogP contribution in [0.3, 0.4) is 0 Å². The molecule has 0 bridgehead atoms. The Balaban J connectivity index is 1.74. The summed E-state index contributed by atoms with van der Waals surface area (Å²) in [5, 5.41) is 2.74. The molecule has 1 saturated heterocycles. The van der Waals surface area contributed by atoms with E-state index < -0.39 is 12.4 Å². The van der Waals surface area contributed by atoms with Gasteiger partial charge in [0.2, 0.25) is 5.91 Å². The molecule has 0 radical (unpaired) electrons. The number of nitrogens with zero attached hydrogens (tertiary/aromatic N) is 1. The molecule has 0 aromatic heterocycles. The van der Waals surface area contributed by atoms with Crippen LogP contribution in [0.25, 0.3) is 0 Å². The highest BCUT2D eigenvalue weighted by atomic mass is 16.7. The number of hydrogen-bond acceptors (Lipinski definition) is 5. The number of ether oxygens (including phenoxy) is 3. The topological polar surface area (TPSA) is 77.1 Å². The number of para-hydroxylation sites is 1. The van der Waals surface area contributed by atoms with Gasteiger partial charge < -0.3 is 19.5 Å². The predicted molar refractivity (Wildman–Crippen MR) is 101 cm³/mol. The second kappa shape index (κ2) is 9.16. The van der Waals surface area contributed by atoms with Crippen LogP contribution >= 0.6 is 0 Å². The van der Waals surface area contributed by atoms with Crippen molar-refractivity contribution >= 4 is 23.4 Å². The van der Waals surface area contributed by atoms with E-state index in [0.29, 0.717) is 36.8 Å². The third-order valence-electron chi connectivity index (χ3n) is 3.95. The van der Waals surface area contributed by atoms with Crippen LogP contribution < -0.4 is 15.0 Å². The highest BCUT2D eigenvalue weighted by molar-refractivity contribution is 5.91. The van der Waals surface area contributed by atoms with Crippen LogP contribution in [0.1, 0.15) is 13.3 Å². The first kappa shape index (κ1) is 18.9. The Labute approximate surface area is 157 Å². The van der Waals surface area contributed by atoms with Crippen LogP contribution in [0.2, 0.25) is 0 Å². The molecular weight excluding hydrogens is 348 g/mol. The zero-order chi connectivity index (χ0) is 19.1. The Morgan fingerprint density at radius 1 is 1.11 bits per heavy atom. The Hall–Kier alpha value is -2.90. The van der Waals surface area contributed by atoms with E-state index in [1.165, 1.54) is 4.90 Å². The molecule has 1 N–H and O–H groups in total. The highest BCUT2D eigenvalue weighted by Gasteiger charge is 2.26. The minimum absolute atomic E-state index is 0.111. The summed E-state index contributed by atoms with van der Waals surface area (Å²) < 4.78 is 16.4. The molecule has 3 rings (SSSR count). The molecule has 2 aromatic carbocycles. The number of rotatable bonds is 6. The van der Waals surface area contributed by atoms with Gasteiger partial charge in [0.25, 0.3) is 0 Å². The zero-order valence-electron chi connectivity index (χ0n) is 15.1. The summed E-state index contributed by atoms with van der Waals surface area (Å²) in [6.07, 6.45) is -0.681. The minimum Gasteiger partial charge on any atom is -0.410 e. The van der Waals surface area contributed by atoms with E-state index in [1.807, 2.05) is 30.3 Å². The number of amides is 2. The average molecular weight is 370 g/mol. The average Bonchev–Trinajstić information content (AvgIpc) is 3.20. The predicted octanol–water partition coefficient (Wildman–Crippen LogP) is 3.41. The largest absolute Gasteiger partial charge is 0.419 e. The smallest absolute Gasteiger partial charge is 0.410 e. The van der Waals surface area contributed by atoms with Crippen LogP contribution in [-0.2, 0) is 14.3 Å². The van der Waals surface area contributed by atoms with Crippen LogP contribution in [0.15, 0.2) is 54.6 Å². The van der Waals surface area contributed by atoms with Gasteiger partial charge in [0.05, 0.1) is 19.8 Å². The first-order chi connectivity index (χ1) is 13.2. The molecule has 1 heterocycles. The molecule has 1 fully saturated rings. The van der Waals surface area contributed by atoms with Crippen molar-refractivity contribution in [3.8, 4) is 5.75 Å². The van der Waals surface area contributed by atoms with E-state index >= 15 is 0 Å². The molecule has 1 aliphatic rings. The van der Waals surface area contributed by atoms with Gasteiger partial charge >= 0.3 is 6.09 Å². The van der Waals surface area contributed by atoms with Crippen molar-refractivity contribution in [1.82, 2.24) is 0 Å². The molecular formula is C20H22N2O5. The number of carbonyl (C=O) groups is 2. The third-order valence-corrected chi connectivity index (χ3v) is 3.95. The molecule has 7 heteroatoms. The second-order valence-corrected chi connectivity index (χ2v) is 5.91. The first-order valence-corrected chi connectivity index (χ1v) is 8.83. The lowest BCUT2D eigenvalue weighted by Crippen LogP contribution is -2.39. The Kier molecular flexibility index (Phi) is 6.40. The molecule has 142 valence electrons. The number of anilines is 2. The van der Waals surface area contributed by atoms with Gasteiger partial charge in [-0.15, -0.1) is 0 Å². The minimum atomic E-state index is -0.556. The zero-order valence-corrected chi connectivity index (χ0v) is 15.1. The maximum atomic E-state index is 12.8. The van der Waals surface area contributed by atoms with E-state index in [1.54, 1.807) is 31.2 Å². The monoisotopic (exact) mass is 370 g/mol. The summed E-state index contributed by atoms with van der Waals surface area (Å²) in [6.45, 7) is 2.99. The molecule has 0 aliphatic carbocycles. The third kappa shape index (κ3) is 5.29. The van der Waals surface area contributed by atoms with Crippen molar-refractivity contribution in [3.05, 3.63) is 54.6 Å². The summed E-state index contributed by atoms with van der Waals surface area (Å²) in [6, 6.07) is 15.9. The van der Waals surface area contributed by atoms with Crippen molar-refractivity contribution in [2.75, 3.05) is 30.0 Å². The normalized spacial score (nSPS) is 14.0. The Morgan fingerprint density at radius 3 is 2.56 bits per heavy atom. The number of nitrogens with one attached hydrogen (secondary N) is 1. The molecule has 27 heavy (non-hydrogen) atoms. The molecule has 7 nitrogen and oxygen atoms in total. The SMILES string of the molecule is CCC(=O)Nc1cccc(OC(=O)N(CC2OCCO2)c2ccccc2)c1. The summed E-state index contributed by atoms with van der Waals surface area (Å²) in [5.41, 5.74) is 1.25. The van der Waals surface area contributed by atoms with Crippen LogP contribution in [0.5, 0.6) is 5.75 Å². The summed E-state index contributed by atoms with van der Waals surface area (Å²) in [7, 11) is 0. The van der Waals surface area contributed by atoms with Crippen LogP contribution in [0, 0.1) is 0 Å². The fraction of sp³-hybridized carbons (Fsp3) is 0.300. The fourth-order valence-electron chi connectivity index (χ4n) is 2.60. The van der Waals surface area contributed by atoms with Gasteiger partial charge in [-0.25, -0.2) is 4.79 Å². The van der Waals surface area contributed by atoms with E-state index in [-0.39, 0.29) is 12.5 Å². The molecule has 0 atom stereocenters. The van der Waals surface area contributed by atoms with Crippen LogP contribution in [-0.4, -0.2) is 38.0 Å². The van der Waals surface area contributed by atoms with E-state index in [9.17, 15) is 9.59 Å². The maximum absolute atomic E-state index is 12.8. The molecule has 0 unspecified atom stereocenters. The van der Waals surface area contributed by atoms with Gasteiger partial charge in [-0.2, -0.15) is 0 Å². The molecule has 0 saturated carbocycles. The molecule has 2 aromatic rings. The van der Waals surface area contributed by atoms with E-state index in [4.69, 9.17) is 14.2 Å². The van der Waals surface area contributed by atoms with Crippen molar-refractivity contribution in [2.24, 2.45) is 0 Å². The van der Waals surface area contributed by atoms with Gasteiger partial charge in [-0.3, -0.25) is 9.69 Å². The van der Waals surface area contributed by atoms with E-state index in [2.05, 4.69) is 5.32 Å². The van der Waals surface area contributed by atoms with Gasteiger partial charge in [-0.1, -0.05) is 31.2 Å². The second-order valence-electron chi connectivity index (χ2n) is 5.91. The van der Waals surface area contributed by atoms with Crippen LogP contribution in [0.4, 0.5) is 16.2 Å². The maximum Gasteiger partial charge on any atom is 0.419 e. The lowest BCUT2D eigenvalue weighted by atomic mass is 10.3. The Morgan fingerprint density at radius 2 is 1.85 bits per heavy atom. The number of carbonyl (C=O) groups excluding carboxylic acids is 2. The van der Waals surface area contributed by atoms with Crippen molar-refractivity contribution < 1.29 is 23.8 Å². The lowest BCUT2D eigenvalue weighted by Gasteiger charge is -2.24. The molecule has 1 aliphatic heterocycles. The number of hydrogen-bond donors (Lipinski definition) is 1. The molecule has 2 amide bonds. The molecule has 0 spiro atoms. The first-order valence-electron chi connectivity index (χ1n) is 8.83. The van der Waals surface area contributed by atoms with Gasteiger partial charge in [0.1, 0.15) is 5.75 Å². The number of benzene rings is 2. The quantitative estimate of drug-likeness (QED) is 0.843.